The molecule has 0 N–H and O–H groups in total. The molecule has 0 saturated carbocycles. The molecule has 0 fully saturated rings. The molecule has 5 nitrogen and oxygen atoms in total. The molecule has 0 aliphatic heterocycles. The molecule has 118 valence electrons. The van der Waals surface area contributed by atoms with Gasteiger partial charge in [0, 0.05) is 19.7 Å². The molecule has 2 rings (SSSR count). The Hall–Kier alpha value is -2.14. The monoisotopic (exact) mass is 302 g/mol. The van der Waals surface area contributed by atoms with Crippen molar-refractivity contribution in [2.45, 2.75) is 32.9 Å². The largest absolute Gasteiger partial charge is 0.382 e. The van der Waals surface area contributed by atoms with Gasteiger partial charge in [-0.05, 0) is 26.3 Å². The predicted octanol–water partition coefficient (Wildman–Crippen LogP) is 3.05. The van der Waals surface area contributed by atoms with E-state index in [1.165, 1.54) is 0 Å². The average molecular weight is 302 g/mol. The van der Waals surface area contributed by atoms with E-state index >= 15 is 0 Å². The van der Waals surface area contributed by atoms with Crippen LogP contribution in [0.25, 0.3) is 0 Å². The second-order valence-corrected chi connectivity index (χ2v) is 5.95. The summed E-state index contributed by atoms with van der Waals surface area (Å²) >= 11 is 0. The summed E-state index contributed by atoms with van der Waals surface area (Å²) in [4.78, 5) is 14.6. The molecule has 0 aliphatic rings. The van der Waals surface area contributed by atoms with E-state index in [-0.39, 0.29) is 11.7 Å². The third-order valence-electron chi connectivity index (χ3n) is 3.50. The quantitative estimate of drug-likeness (QED) is 0.823. The van der Waals surface area contributed by atoms with Crippen molar-refractivity contribution in [3.8, 4) is 0 Å². The van der Waals surface area contributed by atoms with E-state index < -0.39 is 5.54 Å². The standard InChI is InChI=1S/C17H22N2O3/c1-13-10-15(22-18-13)16(20)19(17(2,3)12-21-4)11-14-8-6-5-7-9-14/h5-10H,11-12H2,1-4H3. The third-order valence-corrected chi connectivity index (χ3v) is 3.50. The number of aryl methyl sites for hydroxylation is 1. The van der Waals surface area contributed by atoms with Crippen LogP contribution >= 0.6 is 0 Å². The van der Waals surface area contributed by atoms with Gasteiger partial charge in [-0.2, -0.15) is 0 Å². The van der Waals surface area contributed by atoms with Crippen LogP contribution in [-0.2, 0) is 11.3 Å². The zero-order chi connectivity index (χ0) is 16.2. The van der Waals surface area contributed by atoms with Gasteiger partial charge in [0.2, 0.25) is 5.76 Å². The summed E-state index contributed by atoms with van der Waals surface area (Å²) in [6, 6.07) is 11.5. The lowest BCUT2D eigenvalue weighted by Gasteiger charge is -2.37. The van der Waals surface area contributed by atoms with E-state index in [2.05, 4.69) is 5.16 Å². The van der Waals surface area contributed by atoms with Crippen molar-refractivity contribution in [1.29, 1.82) is 0 Å². The second kappa shape index (κ2) is 6.75. The van der Waals surface area contributed by atoms with Crippen LogP contribution in [0.1, 0.15) is 35.7 Å². The topological polar surface area (TPSA) is 55.6 Å². The van der Waals surface area contributed by atoms with Crippen molar-refractivity contribution in [3.05, 3.63) is 53.4 Å². The van der Waals surface area contributed by atoms with Gasteiger partial charge in [0.05, 0.1) is 17.8 Å². The number of rotatable bonds is 6. The molecule has 1 heterocycles. The molecule has 1 aromatic carbocycles. The van der Waals surface area contributed by atoms with Gasteiger partial charge in [0.15, 0.2) is 0 Å². The average Bonchev–Trinajstić information content (AvgIpc) is 2.91. The van der Waals surface area contributed by atoms with E-state index in [0.29, 0.717) is 18.8 Å². The lowest BCUT2D eigenvalue weighted by Crippen LogP contribution is -2.50. The maximum atomic E-state index is 12.8. The Morgan fingerprint density at radius 1 is 1.32 bits per heavy atom. The minimum atomic E-state index is -0.470. The molecule has 0 bridgehead atoms. The fourth-order valence-electron chi connectivity index (χ4n) is 2.36. The number of carbonyl (C=O) groups is 1. The van der Waals surface area contributed by atoms with Crippen LogP contribution in [0, 0.1) is 6.92 Å². The van der Waals surface area contributed by atoms with Gasteiger partial charge in [-0.25, -0.2) is 0 Å². The van der Waals surface area contributed by atoms with Crippen molar-refractivity contribution >= 4 is 5.91 Å². The van der Waals surface area contributed by atoms with Gasteiger partial charge in [0.25, 0.3) is 5.91 Å². The smallest absolute Gasteiger partial charge is 0.293 e. The fourth-order valence-corrected chi connectivity index (χ4v) is 2.36. The number of benzene rings is 1. The molecule has 1 aromatic heterocycles. The highest BCUT2D eigenvalue weighted by Gasteiger charge is 2.33. The Morgan fingerprint density at radius 2 is 2.00 bits per heavy atom. The second-order valence-electron chi connectivity index (χ2n) is 5.95. The van der Waals surface area contributed by atoms with Crippen molar-refractivity contribution < 1.29 is 14.1 Å². The van der Waals surface area contributed by atoms with Crippen LogP contribution in [0.15, 0.2) is 40.9 Å². The molecule has 0 atom stereocenters. The summed E-state index contributed by atoms with van der Waals surface area (Å²) in [6.45, 7) is 6.65. The van der Waals surface area contributed by atoms with Gasteiger partial charge >= 0.3 is 0 Å². The number of ether oxygens (including phenoxy) is 1. The normalized spacial score (nSPS) is 11.5. The number of carbonyl (C=O) groups excluding carboxylic acids is 1. The maximum absolute atomic E-state index is 12.8. The molecular weight excluding hydrogens is 280 g/mol. The molecule has 1 amide bonds. The number of aromatic nitrogens is 1. The minimum Gasteiger partial charge on any atom is -0.382 e. The molecular formula is C17H22N2O3. The van der Waals surface area contributed by atoms with Crippen LogP contribution in [0.2, 0.25) is 0 Å². The lowest BCUT2D eigenvalue weighted by molar-refractivity contribution is 0.0201. The zero-order valence-corrected chi connectivity index (χ0v) is 13.5. The van der Waals surface area contributed by atoms with Gasteiger partial charge in [-0.15, -0.1) is 0 Å². The first-order valence-corrected chi connectivity index (χ1v) is 7.22. The summed E-state index contributed by atoms with van der Waals surface area (Å²) in [6.07, 6.45) is 0. The molecule has 0 radical (unpaired) electrons. The van der Waals surface area contributed by atoms with Crippen molar-refractivity contribution in [2.24, 2.45) is 0 Å². The van der Waals surface area contributed by atoms with Crippen LogP contribution in [0.3, 0.4) is 0 Å². The van der Waals surface area contributed by atoms with Crippen LogP contribution in [-0.4, -0.2) is 35.2 Å². The molecule has 0 spiro atoms. The third kappa shape index (κ3) is 3.74. The Balaban J connectivity index is 2.30. The van der Waals surface area contributed by atoms with Crippen molar-refractivity contribution in [2.75, 3.05) is 13.7 Å². The number of amides is 1. The maximum Gasteiger partial charge on any atom is 0.293 e. The molecule has 2 aromatic rings. The molecule has 0 unspecified atom stereocenters. The number of hydrogen-bond acceptors (Lipinski definition) is 4. The van der Waals surface area contributed by atoms with E-state index in [4.69, 9.17) is 9.26 Å². The molecule has 0 saturated heterocycles. The summed E-state index contributed by atoms with van der Waals surface area (Å²) in [5.74, 6) is 0.0594. The Bertz CT molecular complexity index is 620. The Morgan fingerprint density at radius 3 is 2.55 bits per heavy atom. The van der Waals surface area contributed by atoms with E-state index in [1.807, 2.05) is 44.2 Å². The minimum absolute atomic E-state index is 0.188. The lowest BCUT2D eigenvalue weighted by atomic mass is 10.0. The van der Waals surface area contributed by atoms with Gasteiger partial charge in [-0.3, -0.25) is 4.79 Å². The van der Waals surface area contributed by atoms with Gasteiger partial charge in [0.1, 0.15) is 0 Å². The van der Waals surface area contributed by atoms with Gasteiger partial charge in [-0.1, -0.05) is 35.5 Å². The number of methoxy groups -OCH3 is 1. The number of hydrogen-bond donors (Lipinski definition) is 0. The first kappa shape index (κ1) is 16.2. The highest BCUT2D eigenvalue weighted by Crippen LogP contribution is 2.22. The van der Waals surface area contributed by atoms with Gasteiger partial charge < -0.3 is 14.2 Å². The Kier molecular flexibility index (Phi) is 4.98. The predicted molar refractivity (Wildman–Crippen MR) is 83.5 cm³/mol. The van der Waals surface area contributed by atoms with Crippen LogP contribution in [0.4, 0.5) is 0 Å². The summed E-state index contributed by atoms with van der Waals surface area (Å²) in [7, 11) is 1.63. The fraction of sp³-hybridized carbons (Fsp3) is 0.412. The van der Waals surface area contributed by atoms with Crippen LogP contribution in [0.5, 0.6) is 0 Å². The van der Waals surface area contributed by atoms with Crippen molar-refractivity contribution in [3.63, 3.8) is 0 Å². The Labute approximate surface area is 130 Å². The van der Waals surface area contributed by atoms with Crippen molar-refractivity contribution in [1.82, 2.24) is 10.1 Å². The highest BCUT2D eigenvalue weighted by atomic mass is 16.5. The first-order valence-electron chi connectivity index (χ1n) is 7.22. The van der Waals surface area contributed by atoms with E-state index in [1.54, 1.807) is 25.0 Å². The van der Waals surface area contributed by atoms with E-state index in [0.717, 1.165) is 5.56 Å². The van der Waals surface area contributed by atoms with E-state index in [9.17, 15) is 4.79 Å². The molecule has 0 aliphatic carbocycles. The SMILES string of the molecule is COCC(C)(C)N(Cc1ccccc1)C(=O)c1cc(C)no1. The summed E-state index contributed by atoms with van der Waals surface area (Å²) in [5, 5.41) is 3.80. The molecule has 22 heavy (non-hydrogen) atoms. The first-order chi connectivity index (χ1) is 10.4. The van der Waals surface area contributed by atoms with Crippen LogP contribution < -0.4 is 0 Å². The highest BCUT2D eigenvalue weighted by molar-refractivity contribution is 5.92. The number of nitrogens with zero attached hydrogens (tertiary/aromatic N) is 2. The summed E-state index contributed by atoms with van der Waals surface area (Å²) < 4.78 is 10.4. The zero-order valence-electron chi connectivity index (χ0n) is 13.5. The molecule has 5 heteroatoms. The summed E-state index contributed by atoms with van der Waals surface area (Å²) in [5.41, 5.74) is 1.27.